The van der Waals surface area contributed by atoms with Crippen molar-refractivity contribution in [3.8, 4) is 5.75 Å². The minimum absolute atomic E-state index is 0.0156. The van der Waals surface area contributed by atoms with Gasteiger partial charge >= 0.3 is 12.0 Å². The fourth-order valence-electron chi connectivity index (χ4n) is 1.84. The van der Waals surface area contributed by atoms with E-state index in [1.165, 1.54) is 18.2 Å². The van der Waals surface area contributed by atoms with E-state index in [-0.39, 0.29) is 10.6 Å². The largest absolute Gasteiger partial charge is 0.507 e. The van der Waals surface area contributed by atoms with Gasteiger partial charge in [0.2, 0.25) is 0 Å². The Morgan fingerprint density at radius 2 is 1.67 bits per heavy atom. The molecule has 0 aliphatic rings. The molecule has 0 aromatic heterocycles. The summed E-state index contributed by atoms with van der Waals surface area (Å²) in [6.45, 7) is 1.79. The van der Waals surface area contributed by atoms with Crippen LogP contribution in [0.2, 0.25) is 0 Å². The van der Waals surface area contributed by atoms with Gasteiger partial charge in [-0.25, -0.2) is 22.7 Å². The second-order valence-corrected chi connectivity index (χ2v) is 6.59. The van der Waals surface area contributed by atoms with Crippen LogP contribution in [0.15, 0.2) is 47.4 Å². The Balaban J connectivity index is 2.14. The number of anilines is 1. The number of carbonyl (C=O) groups is 2. The monoisotopic (exact) mass is 350 g/mol. The molecular weight excluding hydrogens is 336 g/mol. The summed E-state index contributed by atoms with van der Waals surface area (Å²) in [5.41, 5.74) is 0.458. The fraction of sp³-hybridized carbons (Fsp3) is 0.0667. The van der Waals surface area contributed by atoms with Gasteiger partial charge in [-0.1, -0.05) is 17.7 Å². The average molecular weight is 350 g/mol. The van der Waals surface area contributed by atoms with Crippen LogP contribution in [0.3, 0.4) is 0 Å². The van der Waals surface area contributed by atoms with Gasteiger partial charge < -0.3 is 15.5 Å². The SMILES string of the molecule is Cc1ccc(S(=O)(=O)NC(=O)Nc2ccc(O)c(C(=O)O)c2)cc1. The molecule has 0 heterocycles. The van der Waals surface area contributed by atoms with E-state index in [4.69, 9.17) is 5.11 Å². The maximum absolute atomic E-state index is 12.1. The summed E-state index contributed by atoms with van der Waals surface area (Å²) in [6.07, 6.45) is 0. The molecule has 0 fully saturated rings. The summed E-state index contributed by atoms with van der Waals surface area (Å²) in [5, 5.41) is 20.5. The number of benzene rings is 2. The van der Waals surface area contributed by atoms with Gasteiger partial charge in [0, 0.05) is 5.69 Å². The van der Waals surface area contributed by atoms with Crippen molar-refractivity contribution in [2.24, 2.45) is 0 Å². The highest BCUT2D eigenvalue weighted by Crippen LogP contribution is 2.21. The third-order valence-electron chi connectivity index (χ3n) is 3.04. The first kappa shape index (κ1) is 17.3. The van der Waals surface area contributed by atoms with Crippen LogP contribution in [0.1, 0.15) is 15.9 Å². The highest BCUT2D eigenvalue weighted by atomic mass is 32.2. The number of phenols is 1. The van der Waals surface area contributed by atoms with Gasteiger partial charge in [-0.05, 0) is 37.3 Å². The van der Waals surface area contributed by atoms with Crippen molar-refractivity contribution >= 4 is 27.7 Å². The number of sulfonamides is 1. The number of hydrogen-bond donors (Lipinski definition) is 4. The Labute approximate surface area is 137 Å². The van der Waals surface area contributed by atoms with E-state index in [0.29, 0.717) is 0 Å². The first-order valence-corrected chi connectivity index (χ1v) is 8.14. The number of amides is 2. The Hall–Kier alpha value is -3.07. The second-order valence-electron chi connectivity index (χ2n) is 4.91. The highest BCUT2D eigenvalue weighted by Gasteiger charge is 2.18. The minimum atomic E-state index is -4.06. The lowest BCUT2D eigenvalue weighted by molar-refractivity contribution is 0.0693. The first-order valence-electron chi connectivity index (χ1n) is 6.66. The van der Waals surface area contributed by atoms with E-state index in [9.17, 15) is 23.1 Å². The molecule has 0 bridgehead atoms. The van der Waals surface area contributed by atoms with Crippen molar-refractivity contribution in [2.75, 3.05) is 5.32 Å². The quantitative estimate of drug-likeness (QED) is 0.623. The molecule has 0 radical (unpaired) electrons. The lowest BCUT2D eigenvalue weighted by Crippen LogP contribution is -2.34. The predicted octanol–water partition coefficient (Wildman–Crippen LogP) is 1.91. The van der Waals surface area contributed by atoms with Crippen LogP contribution >= 0.6 is 0 Å². The van der Waals surface area contributed by atoms with Crippen molar-refractivity contribution in [3.05, 3.63) is 53.6 Å². The molecule has 2 amide bonds. The zero-order chi connectivity index (χ0) is 17.9. The van der Waals surface area contributed by atoms with Crippen molar-refractivity contribution in [2.45, 2.75) is 11.8 Å². The highest BCUT2D eigenvalue weighted by molar-refractivity contribution is 7.90. The van der Waals surface area contributed by atoms with Crippen molar-refractivity contribution in [3.63, 3.8) is 0 Å². The molecule has 2 rings (SSSR count). The molecule has 0 aliphatic carbocycles. The molecular formula is C15H14N2O6S. The molecule has 24 heavy (non-hydrogen) atoms. The maximum Gasteiger partial charge on any atom is 0.339 e. The van der Waals surface area contributed by atoms with E-state index < -0.39 is 33.3 Å². The predicted molar refractivity (Wildman–Crippen MR) is 85.6 cm³/mol. The molecule has 9 heteroatoms. The van der Waals surface area contributed by atoms with Crippen LogP contribution in [0.25, 0.3) is 0 Å². The lowest BCUT2D eigenvalue weighted by Gasteiger charge is -2.10. The zero-order valence-corrected chi connectivity index (χ0v) is 13.3. The van der Waals surface area contributed by atoms with Gasteiger partial charge in [0.25, 0.3) is 10.0 Å². The molecule has 0 saturated carbocycles. The number of aryl methyl sites for hydroxylation is 1. The van der Waals surface area contributed by atoms with Crippen molar-refractivity contribution < 1.29 is 28.2 Å². The van der Waals surface area contributed by atoms with Crippen molar-refractivity contribution in [1.82, 2.24) is 4.72 Å². The van der Waals surface area contributed by atoms with E-state index in [2.05, 4.69) is 5.32 Å². The van der Waals surface area contributed by atoms with Crippen LogP contribution in [-0.4, -0.2) is 30.6 Å². The van der Waals surface area contributed by atoms with Crippen LogP contribution in [-0.2, 0) is 10.0 Å². The Bertz CT molecular complexity index is 891. The van der Waals surface area contributed by atoms with E-state index in [1.807, 2.05) is 4.72 Å². The van der Waals surface area contributed by atoms with Gasteiger partial charge in [0.15, 0.2) is 0 Å². The number of carboxylic acid groups (broad SMARTS) is 1. The number of carbonyl (C=O) groups excluding carboxylic acids is 1. The summed E-state index contributed by atoms with van der Waals surface area (Å²) in [4.78, 5) is 22.7. The molecule has 8 nitrogen and oxygen atoms in total. The fourth-order valence-corrected chi connectivity index (χ4v) is 2.75. The Kier molecular flexibility index (Phi) is 4.74. The summed E-state index contributed by atoms with van der Waals surface area (Å²) in [6, 6.07) is 8.15. The molecule has 0 aliphatic heterocycles. The van der Waals surface area contributed by atoms with Gasteiger partial charge in [0.05, 0.1) is 4.90 Å². The topological polar surface area (TPSA) is 133 Å². The normalized spacial score (nSPS) is 10.9. The third-order valence-corrected chi connectivity index (χ3v) is 4.39. The number of rotatable bonds is 4. The van der Waals surface area contributed by atoms with Crippen LogP contribution in [0.4, 0.5) is 10.5 Å². The molecule has 4 N–H and O–H groups in total. The molecule has 0 spiro atoms. The molecule has 2 aromatic carbocycles. The van der Waals surface area contributed by atoms with E-state index in [0.717, 1.165) is 17.7 Å². The Morgan fingerprint density at radius 3 is 2.25 bits per heavy atom. The third kappa shape index (κ3) is 4.02. The van der Waals surface area contributed by atoms with Gasteiger partial charge in [-0.2, -0.15) is 0 Å². The molecule has 2 aromatic rings. The van der Waals surface area contributed by atoms with Gasteiger partial charge in [-0.3, -0.25) is 0 Å². The number of urea groups is 1. The molecule has 0 atom stereocenters. The number of aromatic hydroxyl groups is 1. The van der Waals surface area contributed by atoms with Crippen LogP contribution < -0.4 is 10.0 Å². The molecule has 126 valence electrons. The lowest BCUT2D eigenvalue weighted by atomic mass is 10.2. The summed E-state index contributed by atoms with van der Waals surface area (Å²) in [7, 11) is -4.06. The van der Waals surface area contributed by atoms with Gasteiger partial charge in [0.1, 0.15) is 11.3 Å². The zero-order valence-electron chi connectivity index (χ0n) is 12.5. The average Bonchev–Trinajstić information content (AvgIpc) is 2.48. The summed E-state index contributed by atoms with van der Waals surface area (Å²) < 4.78 is 26.0. The summed E-state index contributed by atoms with van der Waals surface area (Å²) >= 11 is 0. The number of hydrogen-bond acceptors (Lipinski definition) is 5. The molecule has 0 unspecified atom stereocenters. The molecule has 0 saturated heterocycles. The van der Waals surface area contributed by atoms with E-state index in [1.54, 1.807) is 19.1 Å². The van der Waals surface area contributed by atoms with Crippen LogP contribution in [0.5, 0.6) is 5.75 Å². The smallest absolute Gasteiger partial charge is 0.339 e. The summed E-state index contributed by atoms with van der Waals surface area (Å²) in [5.74, 6) is -1.86. The Morgan fingerprint density at radius 1 is 1.04 bits per heavy atom. The van der Waals surface area contributed by atoms with Gasteiger partial charge in [-0.15, -0.1) is 0 Å². The number of carboxylic acids is 1. The second kappa shape index (κ2) is 6.59. The van der Waals surface area contributed by atoms with E-state index >= 15 is 0 Å². The van der Waals surface area contributed by atoms with Crippen LogP contribution in [0, 0.1) is 6.92 Å². The maximum atomic E-state index is 12.1. The minimum Gasteiger partial charge on any atom is -0.507 e. The number of aromatic carboxylic acids is 1. The number of nitrogens with one attached hydrogen (secondary N) is 2. The standard InChI is InChI=1S/C15H14N2O6S/c1-9-2-5-11(6-3-9)24(22,23)17-15(21)16-10-4-7-13(18)12(8-10)14(19)20/h2-8,18H,1H3,(H,19,20)(H2,16,17,21). The first-order chi connectivity index (χ1) is 11.2. The van der Waals surface area contributed by atoms with Crippen molar-refractivity contribution in [1.29, 1.82) is 0 Å².